The third-order valence-corrected chi connectivity index (χ3v) is 2.84. The van der Waals surface area contributed by atoms with Gasteiger partial charge in [0.2, 0.25) is 0 Å². The molecular weight excluding hydrogens is 266 g/mol. The molecule has 19 heavy (non-hydrogen) atoms. The molecule has 2 N–H and O–H groups in total. The van der Waals surface area contributed by atoms with E-state index in [1.54, 1.807) is 31.4 Å². The highest BCUT2D eigenvalue weighted by atomic mass is 35.5. The van der Waals surface area contributed by atoms with Gasteiger partial charge in [-0.2, -0.15) is 0 Å². The summed E-state index contributed by atoms with van der Waals surface area (Å²) in [6, 6.07) is 7.09. The van der Waals surface area contributed by atoms with Crippen molar-refractivity contribution in [3.05, 3.63) is 29.3 Å². The standard InChI is InChI=1S/C14H22ClNO3/c1-18-9-3-2-8-16-10-13(17)11-19-14-6-4-12(15)5-7-14/h4-7,13,16-17H,2-3,8-11H2,1H3. The molecule has 0 radical (unpaired) electrons. The van der Waals surface area contributed by atoms with E-state index in [1.807, 2.05) is 0 Å². The van der Waals surface area contributed by atoms with E-state index in [0.29, 0.717) is 17.3 Å². The minimum absolute atomic E-state index is 0.271. The molecule has 0 aliphatic rings. The summed E-state index contributed by atoms with van der Waals surface area (Å²) in [7, 11) is 1.70. The maximum Gasteiger partial charge on any atom is 0.119 e. The Kier molecular flexibility index (Phi) is 8.58. The van der Waals surface area contributed by atoms with Crippen LogP contribution in [0.3, 0.4) is 0 Å². The van der Waals surface area contributed by atoms with Gasteiger partial charge < -0.3 is 19.9 Å². The quantitative estimate of drug-likeness (QED) is 0.647. The Morgan fingerprint density at radius 2 is 2.00 bits per heavy atom. The Labute approximate surface area is 119 Å². The van der Waals surface area contributed by atoms with Gasteiger partial charge in [-0.1, -0.05) is 11.6 Å². The summed E-state index contributed by atoms with van der Waals surface area (Å²) in [6.07, 6.45) is 1.55. The molecule has 4 nitrogen and oxygen atoms in total. The van der Waals surface area contributed by atoms with Crippen molar-refractivity contribution in [2.24, 2.45) is 0 Å². The van der Waals surface area contributed by atoms with E-state index >= 15 is 0 Å². The van der Waals surface area contributed by atoms with Crippen molar-refractivity contribution in [1.82, 2.24) is 5.32 Å². The van der Waals surface area contributed by atoms with Crippen LogP contribution in [0.15, 0.2) is 24.3 Å². The highest BCUT2D eigenvalue weighted by Crippen LogP contribution is 2.15. The van der Waals surface area contributed by atoms with Crippen LogP contribution in [-0.4, -0.2) is 44.6 Å². The molecule has 1 aromatic carbocycles. The normalized spacial score (nSPS) is 12.4. The zero-order valence-corrected chi connectivity index (χ0v) is 12.0. The van der Waals surface area contributed by atoms with Crippen molar-refractivity contribution in [2.75, 3.05) is 33.4 Å². The number of unbranched alkanes of at least 4 members (excludes halogenated alkanes) is 1. The van der Waals surface area contributed by atoms with E-state index in [2.05, 4.69) is 5.32 Å². The predicted octanol–water partition coefficient (Wildman–Crippen LogP) is 2.10. The second-order valence-corrected chi connectivity index (χ2v) is 4.76. The third-order valence-electron chi connectivity index (χ3n) is 2.59. The summed E-state index contributed by atoms with van der Waals surface area (Å²) < 4.78 is 10.4. The summed E-state index contributed by atoms with van der Waals surface area (Å²) in [5.41, 5.74) is 0. The molecule has 0 fully saturated rings. The van der Waals surface area contributed by atoms with Crippen LogP contribution in [0.5, 0.6) is 5.75 Å². The zero-order valence-electron chi connectivity index (χ0n) is 11.3. The lowest BCUT2D eigenvalue weighted by molar-refractivity contribution is 0.106. The average molecular weight is 288 g/mol. The van der Waals surface area contributed by atoms with Gasteiger partial charge >= 0.3 is 0 Å². The number of hydrogen-bond donors (Lipinski definition) is 2. The number of aliphatic hydroxyl groups is 1. The van der Waals surface area contributed by atoms with Crippen LogP contribution in [0.1, 0.15) is 12.8 Å². The number of hydrogen-bond acceptors (Lipinski definition) is 4. The van der Waals surface area contributed by atoms with Gasteiger partial charge in [-0.25, -0.2) is 0 Å². The number of aliphatic hydroxyl groups excluding tert-OH is 1. The van der Waals surface area contributed by atoms with Gasteiger partial charge in [0.25, 0.3) is 0 Å². The molecule has 108 valence electrons. The summed E-state index contributed by atoms with van der Waals surface area (Å²) >= 11 is 5.77. The van der Waals surface area contributed by atoms with Gasteiger partial charge in [0, 0.05) is 25.3 Å². The first-order valence-corrected chi connectivity index (χ1v) is 6.86. The van der Waals surface area contributed by atoms with E-state index in [1.165, 1.54) is 0 Å². The molecule has 0 amide bonds. The van der Waals surface area contributed by atoms with Crippen molar-refractivity contribution in [2.45, 2.75) is 18.9 Å². The topological polar surface area (TPSA) is 50.7 Å². The van der Waals surface area contributed by atoms with Crippen LogP contribution in [-0.2, 0) is 4.74 Å². The fourth-order valence-electron chi connectivity index (χ4n) is 1.55. The van der Waals surface area contributed by atoms with E-state index in [0.717, 1.165) is 26.0 Å². The highest BCUT2D eigenvalue weighted by Gasteiger charge is 2.04. The molecule has 0 aliphatic carbocycles. The largest absolute Gasteiger partial charge is 0.491 e. The molecule has 0 saturated carbocycles. The number of methoxy groups -OCH3 is 1. The smallest absolute Gasteiger partial charge is 0.119 e. The molecule has 1 rings (SSSR count). The number of halogens is 1. The number of nitrogens with one attached hydrogen (secondary N) is 1. The van der Waals surface area contributed by atoms with E-state index in [-0.39, 0.29) is 6.61 Å². The Morgan fingerprint density at radius 1 is 1.26 bits per heavy atom. The van der Waals surface area contributed by atoms with Gasteiger partial charge in [0.05, 0.1) is 0 Å². The first kappa shape index (κ1) is 16.2. The van der Waals surface area contributed by atoms with Gasteiger partial charge in [0.1, 0.15) is 18.5 Å². The molecule has 0 saturated heterocycles. The summed E-state index contributed by atoms with van der Waals surface area (Å²) in [5, 5.41) is 13.6. The summed E-state index contributed by atoms with van der Waals surface area (Å²) in [5.74, 6) is 0.712. The zero-order chi connectivity index (χ0) is 13.9. The van der Waals surface area contributed by atoms with E-state index in [9.17, 15) is 5.11 Å². The molecule has 0 heterocycles. The minimum atomic E-state index is -0.516. The number of benzene rings is 1. The van der Waals surface area contributed by atoms with Crippen LogP contribution < -0.4 is 10.1 Å². The average Bonchev–Trinajstić information content (AvgIpc) is 2.42. The molecule has 5 heteroatoms. The monoisotopic (exact) mass is 287 g/mol. The highest BCUT2D eigenvalue weighted by molar-refractivity contribution is 6.30. The van der Waals surface area contributed by atoms with E-state index in [4.69, 9.17) is 21.1 Å². The first-order chi connectivity index (χ1) is 9.22. The van der Waals surface area contributed by atoms with Gasteiger partial charge in [-0.05, 0) is 43.7 Å². The molecule has 0 bridgehead atoms. The SMILES string of the molecule is COCCCCNCC(O)COc1ccc(Cl)cc1. The second-order valence-electron chi connectivity index (χ2n) is 4.32. The summed E-state index contributed by atoms with van der Waals surface area (Å²) in [6.45, 7) is 2.46. The molecule has 1 atom stereocenters. The Morgan fingerprint density at radius 3 is 2.68 bits per heavy atom. The van der Waals surface area contributed by atoms with Crippen LogP contribution in [0, 0.1) is 0 Å². The second kappa shape index (κ2) is 10.0. The Balaban J connectivity index is 2.04. The van der Waals surface area contributed by atoms with Gasteiger partial charge in [-0.15, -0.1) is 0 Å². The first-order valence-electron chi connectivity index (χ1n) is 6.48. The van der Waals surface area contributed by atoms with Crippen molar-refractivity contribution < 1.29 is 14.6 Å². The fraction of sp³-hybridized carbons (Fsp3) is 0.571. The van der Waals surface area contributed by atoms with Crippen molar-refractivity contribution in [3.63, 3.8) is 0 Å². The molecule has 0 spiro atoms. The maximum atomic E-state index is 9.73. The lowest BCUT2D eigenvalue weighted by Gasteiger charge is -2.13. The Bertz CT molecular complexity index is 332. The van der Waals surface area contributed by atoms with Crippen molar-refractivity contribution in [3.8, 4) is 5.75 Å². The molecule has 1 aromatic rings. The molecule has 0 aliphatic heterocycles. The van der Waals surface area contributed by atoms with Crippen molar-refractivity contribution >= 4 is 11.6 Å². The third kappa shape index (κ3) is 8.06. The molecule has 1 unspecified atom stereocenters. The van der Waals surface area contributed by atoms with Gasteiger partial charge in [-0.3, -0.25) is 0 Å². The number of rotatable bonds is 10. The fourth-order valence-corrected chi connectivity index (χ4v) is 1.67. The predicted molar refractivity (Wildman–Crippen MR) is 76.9 cm³/mol. The van der Waals surface area contributed by atoms with E-state index < -0.39 is 6.10 Å². The van der Waals surface area contributed by atoms with Crippen LogP contribution in [0.2, 0.25) is 5.02 Å². The maximum absolute atomic E-state index is 9.73. The lowest BCUT2D eigenvalue weighted by atomic mass is 10.3. The van der Waals surface area contributed by atoms with Gasteiger partial charge in [0.15, 0.2) is 0 Å². The van der Waals surface area contributed by atoms with Crippen molar-refractivity contribution in [1.29, 1.82) is 0 Å². The number of ether oxygens (including phenoxy) is 2. The Hall–Kier alpha value is -0.810. The molecule has 0 aromatic heterocycles. The molecular formula is C14H22ClNO3. The van der Waals surface area contributed by atoms with Crippen LogP contribution >= 0.6 is 11.6 Å². The van der Waals surface area contributed by atoms with Crippen LogP contribution in [0.4, 0.5) is 0 Å². The summed E-state index contributed by atoms with van der Waals surface area (Å²) in [4.78, 5) is 0. The minimum Gasteiger partial charge on any atom is -0.491 e. The lowest BCUT2D eigenvalue weighted by Crippen LogP contribution is -2.32. The van der Waals surface area contributed by atoms with Crippen LogP contribution in [0.25, 0.3) is 0 Å².